The Balaban J connectivity index is 1.52. The van der Waals surface area contributed by atoms with Crippen molar-refractivity contribution in [1.82, 2.24) is 25.2 Å². The van der Waals surface area contributed by atoms with Gasteiger partial charge in [0, 0.05) is 26.2 Å². The lowest BCUT2D eigenvalue weighted by molar-refractivity contribution is -0.0498. The van der Waals surface area contributed by atoms with Crippen molar-refractivity contribution in [3.63, 3.8) is 0 Å². The summed E-state index contributed by atoms with van der Waals surface area (Å²) in [6.07, 6.45) is 0. The second kappa shape index (κ2) is 6.64. The maximum Gasteiger partial charge on any atom is 0.387 e. The highest BCUT2D eigenvalue weighted by atomic mass is 19.3. The van der Waals surface area contributed by atoms with E-state index in [0.717, 1.165) is 26.2 Å². The number of hydrogen-bond acceptors (Lipinski definition) is 5. The maximum atomic E-state index is 12.8. The summed E-state index contributed by atoms with van der Waals surface area (Å²) in [5, 5.41) is 11.5. The summed E-state index contributed by atoms with van der Waals surface area (Å²) >= 11 is 0. The molecule has 2 fully saturated rings. The van der Waals surface area contributed by atoms with E-state index in [-0.39, 0.29) is 11.7 Å². The van der Waals surface area contributed by atoms with E-state index in [9.17, 15) is 13.6 Å². The fourth-order valence-electron chi connectivity index (χ4n) is 3.71. The molecule has 0 saturated carbocycles. The molecule has 1 N–H and O–H groups in total. The number of benzene rings is 1. The Hall–Kier alpha value is -2.55. The van der Waals surface area contributed by atoms with Gasteiger partial charge in [-0.2, -0.15) is 8.78 Å². The minimum Gasteiger partial charge on any atom is -0.435 e. The molecule has 2 aliphatic heterocycles. The van der Waals surface area contributed by atoms with Crippen LogP contribution in [0.2, 0.25) is 0 Å². The molecule has 4 rings (SSSR count). The Morgan fingerprint density at radius 3 is 2.50 bits per heavy atom. The third-order valence-electron chi connectivity index (χ3n) is 5.08. The van der Waals surface area contributed by atoms with Crippen LogP contribution in [0.1, 0.15) is 16.2 Å². The minimum atomic E-state index is -2.87. The minimum absolute atomic E-state index is 0.0648. The molecule has 2 aliphatic rings. The van der Waals surface area contributed by atoms with Gasteiger partial charge in [-0.3, -0.25) is 4.79 Å². The average Bonchev–Trinajstić information content (AvgIpc) is 3.29. The van der Waals surface area contributed by atoms with Crippen molar-refractivity contribution in [2.75, 3.05) is 26.2 Å². The Morgan fingerprint density at radius 2 is 1.88 bits per heavy atom. The van der Waals surface area contributed by atoms with E-state index in [0.29, 0.717) is 28.9 Å². The number of ether oxygens (including phenoxy) is 1. The molecule has 2 aromatic rings. The highest BCUT2D eigenvalue weighted by Gasteiger charge is 2.39. The van der Waals surface area contributed by atoms with Crippen molar-refractivity contribution in [2.24, 2.45) is 11.8 Å². The predicted molar refractivity (Wildman–Crippen MR) is 88.5 cm³/mol. The molecule has 9 heteroatoms. The first-order valence-electron chi connectivity index (χ1n) is 8.50. The van der Waals surface area contributed by atoms with Crippen LogP contribution in [-0.2, 0) is 0 Å². The molecule has 1 aromatic heterocycles. The van der Waals surface area contributed by atoms with Gasteiger partial charge in [0.25, 0.3) is 5.91 Å². The molecule has 0 aliphatic carbocycles. The van der Waals surface area contributed by atoms with Crippen LogP contribution in [0.5, 0.6) is 5.75 Å². The summed E-state index contributed by atoms with van der Waals surface area (Å²) in [4.78, 5) is 14.6. The number of aromatic nitrogens is 3. The third kappa shape index (κ3) is 3.03. The Labute approximate surface area is 148 Å². The van der Waals surface area contributed by atoms with Crippen LogP contribution in [0.4, 0.5) is 8.78 Å². The van der Waals surface area contributed by atoms with Gasteiger partial charge in [0.05, 0.1) is 11.4 Å². The normalized spacial score (nSPS) is 22.1. The number of nitrogens with zero attached hydrogens (tertiary/aromatic N) is 4. The third-order valence-corrected chi connectivity index (χ3v) is 5.08. The Kier molecular flexibility index (Phi) is 4.31. The maximum absolute atomic E-state index is 12.8. The van der Waals surface area contributed by atoms with Gasteiger partial charge >= 0.3 is 6.61 Å². The van der Waals surface area contributed by atoms with Crippen molar-refractivity contribution < 1.29 is 18.3 Å². The molecule has 2 saturated heterocycles. The van der Waals surface area contributed by atoms with Gasteiger partial charge in [-0.25, -0.2) is 4.68 Å². The molecular weight excluding hydrogens is 344 g/mol. The summed E-state index contributed by atoms with van der Waals surface area (Å²) in [5.41, 5.74) is 1.57. The molecule has 3 heterocycles. The summed E-state index contributed by atoms with van der Waals surface area (Å²) in [7, 11) is 0. The summed E-state index contributed by atoms with van der Waals surface area (Å²) in [5.74, 6) is 0.976. The summed E-state index contributed by atoms with van der Waals surface area (Å²) in [6, 6.07) is 6.05. The van der Waals surface area contributed by atoms with Gasteiger partial charge in [0.2, 0.25) is 0 Å². The highest BCUT2D eigenvalue weighted by molar-refractivity contribution is 5.93. The van der Waals surface area contributed by atoms with Crippen molar-refractivity contribution in [1.29, 1.82) is 0 Å². The largest absolute Gasteiger partial charge is 0.435 e. The van der Waals surface area contributed by atoms with Crippen LogP contribution in [0.15, 0.2) is 24.3 Å². The molecule has 1 amide bonds. The molecule has 0 spiro atoms. The number of fused-ring (bicyclic) bond motifs is 1. The van der Waals surface area contributed by atoms with Crippen molar-refractivity contribution in [2.45, 2.75) is 13.5 Å². The van der Waals surface area contributed by atoms with Crippen LogP contribution in [-0.4, -0.2) is 58.6 Å². The van der Waals surface area contributed by atoms with Gasteiger partial charge in [0.1, 0.15) is 5.75 Å². The van der Waals surface area contributed by atoms with E-state index in [1.54, 1.807) is 19.1 Å². The second-order valence-electron chi connectivity index (χ2n) is 6.70. The van der Waals surface area contributed by atoms with Crippen molar-refractivity contribution >= 4 is 5.91 Å². The zero-order chi connectivity index (χ0) is 18.3. The van der Waals surface area contributed by atoms with Crippen molar-refractivity contribution in [3.05, 3.63) is 35.7 Å². The van der Waals surface area contributed by atoms with Gasteiger partial charge < -0.3 is 15.0 Å². The number of hydrogen-bond donors (Lipinski definition) is 1. The number of rotatable bonds is 4. The van der Waals surface area contributed by atoms with Crippen LogP contribution in [0.25, 0.3) is 5.69 Å². The fourth-order valence-corrected chi connectivity index (χ4v) is 3.71. The number of likely N-dealkylation sites (tertiary alicyclic amines) is 1. The Bertz CT molecular complexity index is 796. The lowest BCUT2D eigenvalue weighted by Gasteiger charge is -2.16. The zero-order valence-electron chi connectivity index (χ0n) is 14.2. The van der Waals surface area contributed by atoms with Crippen LogP contribution in [0, 0.1) is 18.8 Å². The quantitative estimate of drug-likeness (QED) is 0.891. The fraction of sp³-hybridized carbons (Fsp3) is 0.471. The standard InChI is InChI=1S/C17H19F2N5O2/c1-10-15(16(25)23-8-11-6-20-7-12(11)9-23)21-22-24(10)13-2-4-14(5-3-13)26-17(18)19/h2-5,11-12,17,20H,6-9H2,1H3/t11-,12+. The lowest BCUT2D eigenvalue weighted by atomic mass is 10.0. The Morgan fingerprint density at radius 1 is 1.23 bits per heavy atom. The summed E-state index contributed by atoms with van der Waals surface area (Å²) < 4.78 is 30.3. The van der Waals surface area contributed by atoms with E-state index < -0.39 is 6.61 Å². The van der Waals surface area contributed by atoms with Gasteiger partial charge in [-0.15, -0.1) is 5.10 Å². The first kappa shape index (κ1) is 16.9. The number of alkyl halides is 2. The number of halogens is 2. The molecule has 0 bridgehead atoms. The smallest absolute Gasteiger partial charge is 0.387 e. The van der Waals surface area contributed by atoms with E-state index in [4.69, 9.17) is 0 Å². The number of carbonyl (C=O) groups excluding carboxylic acids is 1. The second-order valence-corrected chi connectivity index (χ2v) is 6.70. The highest BCUT2D eigenvalue weighted by Crippen LogP contribution is 2.28. The van der Waals surface area contributed by atoms with E-state index in [2.05, 4.69) is 20.4 Å². The first-order chi connectivity index (χ1) is 12.5. The zero-order valence-corrected chi connectivity index (χ0v) is 14.2. The van der Waals surface area contributed by atoms with Crippen LogP contribution < -0.4 is 10.1 Å². The lowest BCUT2D eigenvalue weighted by Crippen LogP contribution is -2.32. The SMILES string of the molecule is Cc1c(C(=O)N2C[C@H]3CNC[C@H]3C2)nnn1-c1ccc(OC(F)F)cc1. The monoisotopic (exact) mass is 363 g/mol. The molecule has 1 aromatic carbocycles. The summed E-state index contributed by atoms with van der Waals surface area (Å²) in [6.45, 7) is 2.29. The van der Waals surface area contributed by atoms with Crippen molar-refractivity contribution in [3.8, 4) is 11.4 Å². The number of amides is 1. The molecule has 0 unspecified atom stereocenters. The number of nitrogens with one attached hydrogen (secondary N) is 1. The van der Waals surface area contributed by atoms with E-state index >= 15 is 0 Å². The van der Waals surface area contributed by atoms with Crippen LogP contribution in [0.3, 0.4) is 0 Å². The van der Waals surface area contributed by atoms with Gasteiger partial charge in [0.15, 0.2) is 5.69 Å². The van der Waals surface area contributed by atoms with E-state index in [1.807, 2.05) is 4.90 Å². The molecule has 138 valence electrons. The molecule has 2 atom stereocenters. The van der Waals surface area contributed by atoms with E-state index in [1.165, 1.54) is 16.8 Å². The van der Waals surface area contributed by atoms with Crippen LogP contribution >= 0.6 is 0 Å². The van der Waals surface area contributed by atoms with Gasteiger partial charge in [-0.05, 0) is 43.0 Å². The molecule has 26 heavy (non-hydrogen) atoms. The molecule has 0 radical (unpaired) electrons. The molecule has 7 nitrogen and oxygen atoms in total. The van der Waals surface area contributed by atoms with Gasteiger partial charge in [-0.1, -0.05) is 5.21 Å². The first-order valence-corrected chi connectivity index (χ1v) is 8.50. The predicted octanol–water partition coefficient (Wildman–Crippen LogP) is 1.47. The topological polar surface area (TPSA) is 72.3 Å². The number of carbonyl (C=O) groups is 1. The molecular formula is C17H19F2N5O2. The average molecular weight is 363 g/mol.